The first-order valence-electron chi connectivity index (χ1n) is 6.25. The topological polar surface area (TPSA) is 6.48 Å². The number of hydrogen-bond donors (Lipinski definition) is 0. The van der Waals surface area contributed by atoms with Crippen LogP contribution in [-0.2, 0) is 0 Å². The van der Waals surface area contributed by atoms with E-state index in [1.807, 2.05) is 0 Å². The molecular formula is C12H24N2. The molecule has 2 fully saturated rings. The quantitative estimate of drug-likeness (QED) is 0.666. The van der Waals surface area contributed by atoms with E-state index in [0.29, 0.717) is 0 Å². The molecule has 2 heterocycles. The Bertz CT molecular complexity index is 173. The number of likely N-dealkylation sites (tertiary alicyclic amines) is 2. The second-order valence-corrected chi connectivity index (χ2v) is 5.13. The lowest BCUT2D eigenvalue weighted by Crippen LogP contribution is -2.41. The maximum Gasteiger partial charge on any atom is 0.0235 e. The smallest absolute Gasteiger partial charge is 0.0235 e. The Morgan fingerprint density at radius 2 is 1.71 bits per heavy atom. The van der Waals surface area contributed by atoms with Gasteiger partial charge in [0.15, 0.2) is 0 Å². The van der Waals surface area contributed by atoms with E-state index in [1.165, 1.54) is 51.9 Å². The third-order valence-corrected chi connectivity index (χ3v) is 3.83. The summed E-state index contributed by atoms with van der Waals surface area (Å²) in [4.78, 5) is 5.35. The van der Waals surface area contributed by atoms with Gasteiger partial charge >= 0.3 is 0 Å². The van der Waals surface area contributed by atoms with E-state index >= 15 is 0 Å². The predicted octanol–water partition coefficient (Wildman–Crippen LogP) is 1.95. The molecule has 2 nitrogen and oxygen atoms in total. The van der Waals surface area contributed by atoms with Crippen LogP contribution in [0.2, 0.25) is 0 Å². The Kier molecular flexibility index (Phi) is 3.45. The molecule has 0 aromatic heterocycles. The van der Waals surface area contributed by atoms with Gasteiger partial charge in [-0.15, -0.1) is 0 Å². The van der Waals surface area contributed by atoms with Crippen molar-refractivity contribution in [2.24, 2.45) is 0 Å². The number of hydrogen-bond acceptors (Lipinski definition) is 2. The molecule has 0 bridgehead atoms. The molecule has 0 aromatic rings. The molecule has 2 saturated heterocycles. The molecule has 0 amide bonds. The van der Waals surface area contributed by atoms with Crippen LogP contribution in [0.25, 0.3) is 0 Å². The minimum absolute atomic E-state index is 0.741. The van der Waals surface area contributed by atoms with Crippen molar-refractivity contribution in [3.8, 4) is 0 Å². The van der Waals surface area contributed by atoms with Crippen molar-refractivity contribution >= 4 is 0 Å². The van der Waals surface area contributed by atoms with E-state index in [2.05, 4.69) is 23.6 Å². The third-order valence-electron chi connectivity index (χ3n) is 3.83. The van der Waals surface area contributed by atoms with Crippen molar-refractivity contribution in [2.45, 2.75) is 51.6 Å². The molecule has 0 aliphatic carbocycles. The van der Waals surface area contributed by atoms with Crippen molar-refractivity contribution in [3.63, 3.8) is 0 Å². The van der Waals surface area contributed by atoms with E-state index in [9.17, 15) is 0 Å². The SMILES string of the molecule is CC(C)N1CC[C@H](N2CCCCC2)C1. The summed E-state index contributed by atoms with van der Waals surface area (Å²) in [6, 6.07) is 1.61. The molecule has 0 aromatic carbocycles. The van der Waals surface area contributed by atoms with Crippen LogP contribution in [0, 0.1) is 0 Å². The number of rotatable bonds is 2. The van der Waals surface area contributed by atoms with Gasteiger partial charge in [-0.25, -0.2) is 0 Å². The minimum Gasteiger partial charge on any atom is -0.299 e. The van der Waals surface area contributed by atoms with Crippen molar-refractivity contribution in [1.29, 1.82) is 0 Å². The summed E-state index contributed by atoms with van der Waals surface area (Å²) in [6.07, 6.45) is 5.71. The molecule has 0 saturated carbocycles. The maximum atomic E-state index is 2.73. The third kappa shape index (κ3) is 2.29. The summed E-state index contributed by atoms with van der Waals surface area (Å²) in [5.74, 6) is 0. The van der Waals surface area contributed by atoms with Crippen molar-refractivity contribution < 1.29 is 0 Å². The van der Waals surface area contributed by atoms with Gasteiger partial charge in [0.25, 0.3) is 0 Å². The van der Waals surface area contributed by atoms with Gasteiger partial charge in [0.1, 0.15) is 0 Å². The molecule has 0 N–H and O–H groups in total. The van der Waals surface area contributed by atoms with Crippen LogP contribution in [0.1, 0.15) is 39.5 Å². The summed E-state index contributed by atoms with van der Waals surface area (Å²) in [5, 5.41) is 0. The highest BCUT2D eigenvalue weighted by atomic mass is 15.3. The first kappa shape index (κ1) is 10.4. The lowest BCUT2D eigenvalue weighted by molar-refractivity contribution is 0.156. The summed E-state index contributed by atoms with van der Waals surface area (Å²) in [7, 11) is 0. The van der Waals surface area contributed by atoms with E-state index in [0.717, 1.165) is 12.1 Å². The molecule has 2 aliphatic heterocycles. The monoisotopic (exact) mass is 196 g/mol. The van der Waals surface area contributed by atoms with E-state index in [4.69, 9.17) is 0 Å². The number of piperidine rings is 1. The highest BCUT2D eigenvalue weighted by Gasteiger charge is 2.29. The van der Waals surface area contributed by atoms with Crippen LogP contribution in [0.5, 0.6) is 0 Å². The largest absolute Gasteiger partial charge is 0.299 e. The van der Waals surface area contributed by atoms with Gasteiger partial charge in [-0.2, -0.15) is 0 Å². The molecule has 82 valence electrons. The summed E-state index contributed by atoms with van der Waals surface area (Å²) >= 11 is 0. The molecule has 0 unspecified atom stereocenters. The zero-order chi connectivity index (χ0) is 9.97. The van der Waals surface area contributed by atoms with E-state index < -0.39 is 0 Å². The first-order valence-corrected chi connectivity index (χ1v) is 6.25. The Hall–Kier alpha value is -0.0800. The molecule has 14 heavy (non-hydrogen) atoms. The predicted molar refractivity (Wildman–Crippen MR) is 60.5 cm³/mol. The lowest BCUT2D eigenvalue weighted by atomic mass is 10.1. The van der Waals surface area contributed by atoms with Crippen molar-refractivity contribution in [1.82, 2.24) is 9.80 Å². The molecular weight excluding hydrogens is 172 g/mol. The van der Waals surface area contributed by atoms with Crippen LogP contribution in [-0.4, -0.2) is 48.1 Å². The fraction of sp³-hybridized carbons (Fsp3) is 1.00. The Labute approximate surface area is 88.3 Å². The van der Waals surface area contributed by atoms with Crippen LogP contribution in [0.3, 0.4) is 0 Å². The summed E-state index contributed by atoms with van der Waals surface area (Å²) in [5.41, 5.74) is 0. The fourth-order valence-corrected chi connectivity index (χ4v) is 2.82. The summed E-state index contributed by atoms with van der Waals surface area (Å²) in [6.45, 7) is 9.99. The van der Waals surface area contributed by atoms with Gasteiger partial charge in [0.05, 0.1) is 0 Å². The van der Waals surface area contributed by atoms with E-state index in [1.54, 1.807) is 0 Å². The molecule has 2 heteroatoms. The molecule has 1 atom stereocenters. The zero-order valence-corrected chi connectivity index (χ0v) is 9.71. The number of nitrogens with zero attached hydrogens (tertiary/aromatic N) is 2. The van der Waals surface area contributed by atoms with Gasteiger partial charge in [-0.1, -0.05) is 6.42 Å². The van der Waals surface area contributed by atoms with Gasteiger partial charge in [-0.05, 0) is 46.2 Å². The van der Waals surface area contributed by atoms with Crippen LogP contribution >= 0.6 is 0 Å². The van der Waals surface area contributed by atoms with Gasteiger partial charge in [0, 0.05) is 25.2 Å². The normalized spacial score (nSPS) is 31.5. The first-order chi connectivity index (χ1) is 6.77. The molecule has 0 spiro atoms. The second kappa shape index (κ2) is 4.63. The Morgan fingerprint density at radius 1 is 1.00 bits per heavy atom. The Balaban J connectivity index is 1.82. The van der Waals surface area contributed by atoms with Crippen molar-refractivity contribution in [2.75, 3.05) is 26.2 Å². The standard InChI is InChI=1S/C12H24N2/c1-11(2)14-9-6-12(10-14)13-7-4-3-5-8-13/h11-12H,3-10H2,1-2H3/t12-/m0/s1. The molecule has 2 rings (SSSR count). The summed E-state index contributed by atoms with van der Waals surface area (Å²) < 4.78 is 0. The minimum atomic E-state index is 0.741. The van der Waals surface area contributed by atoms with Crippen LogP contribution in [0.4, 0.5) is 0 Å². The van der Waals surface area contributed by atoms with Crippen LogP contribution < -0.4 is 0 Å². The molecule has 2 aliphatic rings. The van der Waals surface area contributed by atoms with Gasteiger partial charge < -0.3 is 0 Å². The molecule has 0 radical (unpaired) electrons. The average molecular weight is 196 g/mol. The maximum absolute atomic E-state index is 2.73. The lowest BCUT2D eigenvalue weighted by Gasteiger charge is -2.32. The van der Waals surface area contributed by atoms with Gasteiger partial charge in [-0.3, -0.25) is 9.80 Å². The highest BCUT2D eigenvalue weighted by molar-refractivity contribution is 4.85. The van der Waals surface area contributed by atoms with Crippen molar-refractivity contribution in [3.05, 3.63) is 0 Å². The second-order valence-electron chi connectivity index (χ2n) is 5.13. The van der Waals surface area contributed by atoms with Gasteiger partial charge in [0.2, 0.25) is 0 Å². The fourth-order valence-electron chi connectivity index (χ4n) is 2.82. The highest BCUT2D eigenvalue weighted by Crippen LogP contribution is 2.21. The Morgan fingerprint density at radius 3 is 2.29 bits per heavy atom. The van der Waals surface area contributed by atoms with E-state index in [-0.39, 0.29) is 0 Å². The average Bonchev–Trinajstić information content (AvgIpc) is 2.68. The zero-order valence-electron chi connectivity index (χ0n) is 9.71. The van der Waals surface area contributed by atoms with Crippen LogP contribution in [0.15, 0.2) is 0 Å².